The van der Waals surface area contributed by atoms with Crippen LogP contribution in [0.1, 0.15) is 12.5 Å². The molecular weight excluding hydrogens is 158 g/mol. The maximum Gasteiger partial charge on any atom is 0.0406 e. The van der Waals surface area contributed by atoms with Gasteiger partial charge >= 0.3 is 0 Å². The fourth-order valence-electron chi connectivity index (χ4n) is 0.831. The van der Waals surface area contributed by atoms with Gasteiger partial charge in [0, 0.05) is 18.1 Å². The van der Waals surface area contributed by atoms with Crippen LogP contribution in [-0.4, -0.2) is 6.54 Å². The Morgan fingerprint density at radius 3 is 2.45 bits per heavy atom. The predicted octanol–water partition coefficient (Wildman–Crippen LogP) is 2.46. The van der Waals surface area contributed by atoms with E-state index < -0.39 is 0 Å². The van der Waals surface area contributed by atoms with Crippen molar-refractivity contribution in [3.05, 3.63) is 34.9 Å². The first-order valence-electron chi connectivity index (χ1n) is 3.70. The zero-order chi connectivity index (χ0) is 8.10. The van der Waals surface area contributed by atoms with Gasteiger partial charge in [-0.1, -0.05) is 30.7 Å². The minimum atomic E-state index is 0.783. The maximum atomic E-state index is 5.72. The van der Waals surface area contributed by atoms with Gasteiger partial charge in [-0.3, -0.25) is 0 Å². The largest absolute Gasteiger partial charge is 0.237 e. The smallest absolute Gasteiger partial charge is 0.0406 e. The minimum Gasteiger partial charge on any atom is -0.237 e. The summed E-state index contributed by atoms with van der Waals surface area (Å²) < 4.78 is 0. The van der Waals surface area contributed by atoms with E-state index >= 15 is 0 Å². The summed E-state index contributed by atoms with van der Waals surface area (Å²) in [5, 5.41) is 5.01. The average Bonchev–Trinajstić information content (AvgIpc) is 2.04. The Labute approximate surface area is 72.4 Å². The van der Waals surface area contributed by atoms with E-state index in [4.69, 9.17) is 11.6 Å². The molecule has 0 spiro atoms. The molecule has 0 saturated heterocycles. The molecule has 1 aromatic carbocycles. The van der Waals surface area contributed by atoms with Crippen molar-refractivity contribution in [2.75, 3.05) is 6.54 Å². The molecule has 0 heterocycles. The molecule has 0 bridgehead atoms. The van der Waals surface area contributed by atoms with Gasteiger partial charge in [0.25, 0.3) is 0 Å². The first-order chi connectivity index (χ1) is 5.33. The molecule has 0 aliphatic rings. The number of rotatable bonds is 3. The molecule has 1 radical (unpaired) electrons. The lowest BCUT2D eigenvalue weighted by atomic mass is 10.2. The van der Waals surface area contributed by atoms with Crippen molar-refractivity contribution < 1.29 is 0 Å². The molecule has 1 nitrogen and oxygen atoms in total. The molecule has 59 valence electrons. The van der Waals surface area contributed by atoms with Crippen molar-refractivity contribution in [2.45, 2.75) is 13.5 Å². The lowest BCUT2D eigenvalue weighted by molar-refractivity contribution is 0.710. The van der Waals surface area contributed by atoms with Crippen LogP contribution < -0.4 is 5.32 Å². The van der Waals surface area contributed by atoms with Crippen LogP contribution >= 0.6 is 11.6 Å². The van der Waals surface area contributed by atoms with Gasteiger partial charge in [-0.05, 0) is 17.7 Å². The van der Waals surface area contributed by atoms with Gasteiger partial charge in [0.05, 0.1) is 0 Å². The fraction of sp³-hybridized carbons (Fsp3) is 0.333. The molecule has 2 heteroatoms. The molecule has 0 aromatic heterocycles. The lowest BCUT2D eigenvalue weighted by Crippen LogP contribution is -2.02. The van der Waals surface area contributed by atoms with E-state index in [0.717, 1.165) is 18.1 Å². The SMILES string of the molecule is CC[N]Cc1ccc(Cl)cc1. The Hall–Kier alpha value is -0.530. The second kappa shape index (κ2) is 4.37. The lowest BCUT2D eigenvalue weighted by Gasteiger charge is -1.98. The standard InChI is InChI=1S/C9H11ClN/c1-2-11-7-8-3-5-9(10)6-4-8/h3-6H,2,7H2,1H3. The van der Waals surface area contributed by atoms with Crippen LogP contribution in [0.3, 0.4) is 0 Å². The summed E-state index contributed by atoms with van der Waals surface area (Å²) in [7, 11) is 0. The quantitative estimate of drug-likeness (QED) is 0.659. The van der Waals surface area contributed by atoms with E-state index in [1.165, 1.54) is 5.56 Å². The number of halogens is 1. The predicted molar refractivity (Wildman–Crippen MR) is 47.8 cm³/mol. The van der Waals surface area contributed by atoms with Crippen molar-refractivity contribution in [2.24, 2.45) is 0 Å². The zero-order valence-corrected chi connectivity index (χ0v) is 7.30. The van der Waals surface area contributed by atoms with Crippen LogP contribution in [0.4, 0.5) is 0 Å². The summed E-state index contributed by atoms with van der Waals surface area (Å²) in [6.45, 7) is 3.71. The van der Waals surface area contributed by atoms with E-state index in [1.54, 1.807) is 0 Å². The summed E-state index contributed by atoms with van der Waals surface area (Å²) in [4.78, 5) is 0. The molecule has 11 heavy (non-hydrogen) atoms. The van der Waals surface area contributed by atoms with Crippen molar-refractivity contribution in [1.29, 1.82) is 0 Å². The highest BCUT2D eigenvalue weighted by Crippen LogP contribution is 2.09. The van der Waals surface area contributed by atoms with Crippen LogP contribution in [0.5, 0.6) is 0 Å². The van der Waals surface area contributed by atoms with Crippen LogP contribution in [0.25, 0.3) is 0 Å². The third kappa shape index (κ3) is 2.91. The van der Waals surface area contributed by atoms with E-state index in [-0.39, 0.29) is 0 Å². The second-order valence-electron chi connectivity index (χ2n) is 2.32. The second-order valence-corrected chi connectivity index (χ2v) is 2.76. The topological polar surface area (TPSA) is 14.1 Å². The molecule has 1 rings (SSSR count). The Bertz CT molecular complexity index is 205. The van der Waals surface area contributed by atoms with Gasteiger partial charge in [0.2, 0.25) is 0 Å². The highest BCUT2D eigenvalue weighted by molar-refractivity contribution is 6.30. The molecule has 0 aliphatic heterocycles. The summed E-state index contributed by atoms with van der Waals surface area (Å²) in [5.74, 6) is 0. The molecule has 0 fully saturated rings. The van der Waals surface area contributed by atoms with Gasteiger partial charge in [0.1, 0.15) is 0 Å². The minimum absolute atomic E-state index is 0.783. The third-order valence-corrected chi connectivity index (χ3v) is 1.68. The van der Waals surface area contributed by atoms with Crippen molar-refractivity contribution in [1.82, 2.24) is 5.32 Å². The number of hydrogen-bond acceptors (Lipinski definition) is 0. The summed E-state index contributed by atoms with van der Waals surface area (Å²) in [5.41, 5.74) is 1.22. The van der Waals surface area contributed by atoms with E-state index in [1.807, 2.05) is 31.2 Å². The average molecular weight is 169 g/mol. The molecule has 0 atom stereocenters. The molecule has 1 aromatic rings. The maximum absolute atomic E-state index is 5.72. The fourth-order valence-corrected chi connectivity index (χ4v) is 0.957. The number of nitrogens with zero attached hydrogens (tertiary/aromatic N) is 1. The van der Waals surface area contributed by atoms with Gasteiger partial charge in [-0.2, -0.15) is 0 Å². The van der Waals surface area contributed by atoms with Crippen molar-refractivity contribution in [3.63, 3.8) is 0 Å². The highest BCUT2D eigenvalue weighted by atomic mass is 35.5. The third-order valence-electron chi connectivity index (χ3n) is 1.43. The van der Waals surface area contributed by atoms with Gasteiger partial charge in [0.15, 0.2) is 0 Å². The molecule has 0 unspecified atom stereocenters. The number of benzene rings is 1. The van der Waals surface area contributed by atoms with Gasteiger partial charge in [-0.25, -0.2) is 5.32 Å². The molecule has 0 aliphatic carbocycles. The molecular formula is C9H11ClN. The Balaban J connectivity index is 2.52. The first-order valence-corrected chi connectivity index (χ1v) is 4.08. The normalized spacial score (nSPS) is 10.0. The van der Waals surface area contributed by atoms with Crippen LogP contribution in [-0.2, 0) is 6.54 Å². The summed E-state index contributed by atoms with van der Waals surface area (Å²) >= 11 is 5.72. The first kappa shape index (κ1) is 8.57. The number of hydrogen-bond donors (Lipinski definition) is 0. The molecule has 0 amide bonds. The summed E-state index contributed by atoms with van der Waals surface area (Å²) in [6, 6.07) is 7.78. The Morgan fingerprint density at radius 2 is 1.91 bits per heavy atom. The Morgan fingerprint density at radius 1 is 1.27 bits per heavy atom. The van der Waals surface area contributed by atoms with E-state index in [0.29, 0.717) is 0 Å². The van der Waals surface area contributed by atoms with Gasteiger partial charge < -0.3 is 0 Å². The molecule has 0 N–H and O–H groups in total. The monoisotopic (exact) mass is 168 g/mol. The highest BCUT2D eigenvalue weighted by Gasteiger charge is 1.90. The van der Waals surface area contributed by atoms with E-state index in [9.17, 15) is 0 Å². The zero-order valence-electron chi connectivity index (χ0n) is 6.55. The van der Waals surface area contributed by atoms with Crippen LogP contribution in [0.15, 0.2) is 24.3 Å². The summed E-state index contributed by atoms with van der Waals surface area (Å²) in [6.07, 6.45) is 0. The molecule has 0 saturated carbocycles. The van der Waals surface area contributed by atoms with E-state index in [2.05, 4.69) is 5.32 Å². The van der Waals surface area contributed by atoms with Crippen molar-refractivity contribution >= 4 is 11.6 Å². The van der Waals surface area contributed by atoms with Gasteiger partial charge in [-0.15, -0.1) is 0 Å². The van der Waals surface area contributed by atoms with Crippen LogP contribution in [0, 0.1) is 0 Å². The van der Waals surface area contributed by atoms with Crippen LogP contribution in [0.2, 0.25) is 5.02 Å². The Kier molecular flexibility index (Phi) is 3.40. The van der Waals surface area contributed by atoms with Crippen molar-refractivity contribution in [3.8, 4) is 0 Å².